The number of benzene rings is 2. The van der Waals surface area contributed by atoms with Crippen LogP contribution in [0.2, 0.25) is 0 Å². The number of hydrogen-bond acceptors (Lipinski definition) is 8. The molecule has 0 aromatic heterocycles. The molecule has 10 nitrogen and oxygen atoms in total. The summed E-state index contributed by atoms with van der Waals surface area (Å²) < 4.78 is 5.68. The van der Waals surface area contributed by atoms with Crippen LogP contribution in [-0.4, -0.2) is 52.2 Å². The molecule has 0 atom stereocenters. The fraction of sp³-hybridized carbons (Fsp3) is 0.200. The summed E-state index contributed by atoms with van der Waals surface area (Å²) in [4.78, 5) is 69.4. The lowest BCUT2D eigenvalue weighted by Gasteiger charge is -2.18. The molecule has 1 aromatic rings. The summed E-state index contributed by atoms with van der Waals surface area (Å²) in [5.74, 6) is -2.34. The molecular formula is C20H15N3O7. The van der Waals surface area contributed by atoms with Gasteiger partial charge in [0.1, 0.15) is 17.8 Å². The molecule has 4 rings (SSSR count). The van der Waals surface area contributed by atoms with Gasteiger partial charge in [-0.25, -0.2) is 9.78 Å². The Morgan fingerprint density at radius 1 is 1.10 bits per heavy atom. The number of rotatable bonds is 4. The van der Waals surface area contributed by atoms with Crippen LogP contribution in [0.5, 0.6) is 0 Å². The second-order valence-corrected chi connectivity index (χ2v) is 6.73. The smallest absolute Gasteiger partial charge is 0.352 e. The number of carbonyl (C=O) groups excluding carboxylic acids is 4. The summed E-state index contributed by atoms with van der Waals surface area (Å²) in [6.07, 6.45) is -0.0317. The molecule has 30 heavy (non-hydrogen) atoms. The number of fused-ring (bicyclic) bond motifs is 2. The molecule has 0 N–H and O–H groups in total. The van der Waals surface area contributed by atoms with E-state index in [0.29, 0.717) is 21.9 Å². The lowest BCUT2D eigenvalue weighted by atomic mass is 10.1. The Labute approximate surface area is 168 Å². The van der Waals surface area contributed by atoms with Gasteiger partial charge in [0.15, 0.2) is 16.8 Å². The second kappa shape index (κ2) is 7.39. The van der Waals surface area contributed by atoms with Gasteiger partial charge in [0.05, 0.1) is 0 Å². The van der Waals surface area contributed by atoms with Crippen molar-refractivity contribution in [2.75, 3.05) is 13.6 Å². The van der Waals surface area contributed by atoms with Crippen LogP contribution in [0, 0.1) is 0 Å². The van der Waals surface area contributed by atoms with Gasteiger partial charge in [0, 0.05) is 31.5 Å². The van der Waals surface area contributed by atoms with E-state index in [1.165, 1.54) is 31.3 Å². The first-order valence-corrected chi connectivity index (χ1v) is 8.98. The van der Waals surface area contributed by atoms with E-state index in [9.17, 15) is 24.0 Å². The highest BCUT2D eigenvalue weighted by Gasteiger charge is 2.33. The molecule has 2 aliphatic heterocycles. The first kappa shape index (κ1) is 19.2. The van der Waals surface area contributed by atoms with Crippen LogP contribution in [0.1, 0.15) is 23.2 Å². The molecule has 0 radical (unpaired) electrons. The van der Waals surface area contributed by atoms with Crippen molar-refractivity contribution in [3.63, 3.8) is 0 Å². The highest BCUT2D eigenvalue weighted by atomic mass is 16.7. The molecule has 0 spiro atoms. The Kier molecular flexibility index (Phi) is 4.74. The molecule has 3 aliphatic rings. The Morgan fingerprint density at radius 2 is 1.83 bits per heavy atom. The van der Waals surface area contributed by atoms with E-state index in [-0.39, 0.29) is 29.6 Å². The van der Waals surface area contributed by atoms with Gasteiger partial charge in [0.25, 0.3) is 17.7 Å². The van der Waals surface area contributed by atoms with Crippen LogP contribution in [0.25, 0.3) is 22.6 Å². The van der Waals surface area contributed by atoms with Crippen LogP contribution < -0.4 is 5.43 Å². The number of carbonyl (C=O) groups is 4. The zero-order chi connectivity index (χ0) is 21.4. The number of imide groups is 1. The van der Waals surface area contributed by atoms with Crippen molar-refractivity contribution in [3.05, 3.63) is 52.2 Å². The van der Waals surface area contributed by atoms with Gasteiger partial charge in [-0.1, -0.05) is 0 Å². The first-order chi connectivity index (χ1) is 14.3. The minimum atomic E-state index is -0.921. The summed E-state index contributed by atoms with van der Waals surface area (Å²) in [6, 6.07) is 8.80. The maximum Gasteiger partial charge on any atom is 0.352 e. The minimum absolute atomic E-state index is 0.0158. The van der Waals surface area contributed by atoms with E-state index in [1.54, 1.807) is 12.1 Å². The summed E-state index contributed by atoms with van der Waals surface area (Å²) >= 11 is 0. The minimum Gasteiger partial charge on any atom is -0.453 e. The fourth-order valence-corrected chi connectivity index (χ4v) is 3.01. The first-order valence-electron chi connectivity index (χ1n) is 8.98. The van der Waals surface area contributed by atoms with Crippen molar-refractivity contribution in [3.8, 4) is 11.5 Å². The zero-order valence-electron chi connectivity index (χ0n) is 15.8. The average molecular weight is 409 g/mol. The number of amides is 3. The van der Waals surface area contributed by atoms with Crippen LogP contribution in [0.3, 0.4) is 0 Å². The molecule has 1 saturated heterocycles. The van der Waals surface area contributed by atoms with Crippen molar-refractivity contribution in [2.24, 2.45) is 0 Å². The lowest BCUT2D eigenvalue weighted by Crippen LogP contribution is -2.38. The highest BCUT2D eigenvalue weighted by molar-refractivity contribution is 6.02. The molecule has 0 bridgehead atoms. The number of hydroxylamine groups is 2. The highest BCUT2D eigenvalue weighted by Crippen LogP contribution is 2.24. The maximum absolute atomic E-state index is 12.7. The summed E-state index contributed by atoms with van der Waals surface area (Å²) in [7, 11) is 1.38. The van der Waals surface area contributed by atoms with Crippen LogP contribution in [0.4, 0.5) is 0 Å². The summed E-state index contributed by atoms with van der Waals surface area (Å²) in [6.45, 7) is -0.472. The number of aromatic nitrogens is 1. The van der Waals surface area contributed by atoms with Gasteiger partial charge in [0.2, 0.25) is 0 Å². The van der Waals surface area contributed by atoms with Crippen molar-refractivity contribution in [1.29, 1.82) is 0 Å². The molecule has 3 amide bonds. The van der Waals surface area contributed by atoms with E-state index >= 15 is 0 Å². The van der Waals surface area contributed by atoms with Gasteiger partial charge < -0.3 is 14.2 Å². The Hall–Kier alpha value is -4.08. The van der Waals surface area contributed by atoms with E-state index in [2.05, 4.69) is 4.98 Å². The van der Waals surface area contributed by atoms with E-state index in [0.717, 1.165) is 4.90 Å². The van der Waals surface area contributed by atoms with E-state index in [4.69, 9.17) is 9.25 Å². The molecule has 10 heteroatoms. The quantitative estimate of drug-likeness (QED) is 0.461. The van der Waals surface area contributed by atoms with E-state index in [1.807, 2.05) is 0 Å². The van der Waals surface area contributed by atoms with Crippen molar-refractivity contribution >= 4 is 34.8 Å². The zero-order valence-corrected chi connectivity index (χ0v) is 15.8. The van der Waals surface area contributed by atoms with Gasteiger partial charge in [-0.05, 0) is 30.3 Å². The third kappa shape index (κ3) is 3.62. The molecule has 0 unspecified atom stereocenters. The monoisotopic (exact) mass is 409 g/mol. The molecule has 2 heterocycles. The van der Waals surface area contributed by atoms with Crippen LogP contribution in [0.15, 0.2) is 45.6 Å². The third-order valence-corrected chi connectivity index (χ3v) is 4.51. The Morgan fingerprint density at radius 3 is 2.57 bits per heavy atom. The second-order valence-electron chi connectivity index (χ2n) is 6.73. The fourth-order valence-electron chi connectivity index (χ4n) is 3.01. The number of likely N-dealkylation sites (N-methyl/N-ethyl adjacent to an activating group) is 1. The molecular weight excluding hydrogens is 394 g/mol. The topological polar surface area (TPSA) is 127 Å². The SMILES string of the molecule is CN(CC(=O)ON1C(=O)CCC1=O)C(=O)c1ccc2nc3ccc(=O)cc-3oc2c1. The predicted molar refractivity (Wildman–Crippen MR) is 101 cm³/mol. The molecule has 0 saturated carbocycles. The summed E-state index contributed by atoms with van der Waals surface area (Å²) in [5, 5.41) is 0.427. The van der Waals surface area contributed by atoms with Gasteiger partial charge in [-0.2, -0.15) is 0 Å². The number of nitrogens with zero attached hydrogens (tertiary/aromatic N) is 3. The van der Waals surface area contributed by atoms with E-state index < -0.39 is 30.2 Å². The Bertz CT molecular complexity index is 1220. The maximum atomic E-state index is 12.7. The van der Waals surface area contributed by atoms with Crippen molar-refractivity contribution in [1.82, 2.24) is 14.9 Å². The van der Waals surface area contributed by atoms with Gasteiger partial charge >= 0.3 is 5.97 Å². The van der Waals surface area contributed by atoms with Gasteiger partial charge in [-0.3, -0.25) is 19.2 Å². The van der Waals surface area contributed by atoms with Crippen LogP contribution >= 0.6 is 0 Å². The standard InChI is InChI=1S/C20H15N3O7/c1-22(10-19(27)30-23-17(25)6-7-18(23)26)20(28)11-2-4-13-15(8-11)29-16-9-12(24)3-5-14(16)21-13/h2-5,8-9H,6-7,10H2,1H3. The lowest BCUT2D eigenvalue weighted by molar-refractivity contribution is -0.197. The van der Waals surface area contributed by atoms with Crippen LogP contribution in [-0.2, 0) is 19.2 Å². The normalized spacial score (nSPS) is 13.8. The average Bonchev–Trinajstić information content (AvgIpc) is 3.03. The number of hydrogen-bond donors (Lipinski definition) is 0. The summed E-state index contributed by atoms with van der Waals surface area (Å²) in [5.41, 5.74) is 1.28. The molecule has 1 aliphatic carbocycles. The molecule has 1 fully saturated rings. The Balaban J connectivity index is 1.52. The van der Waals surface area contributed by atoms with Crippen molar-refractivity contribution in [2.45, 2.75) is 12.8 Å². The molecule has 1 aromatic carbocycles. The largest absolute Gasteiger partial charge is 0.453 e. The third-order valence-electron chi connectivity index (χ3n) is 4.51. The van der Waals surface area contributed by atoms with Gasteiger partial charge in [-0.15, -0.1) is 5.06 Å². The van der Waals surface area contributed by atoms with Crippen molar-refractivity contribution < 1.29 is 28.4 Å². The predicted octanol–water partition coefficient (Wildman–Crippen LogP) is 0.972. The molecule has 152 valence electrons.